The largest absolute Gasteiger partial charge is 0.492 e. The molecule has 0 amide bonds. The molecule has 0 aliphatic heterocycles. The van der Waals surface area contributed by atoms with Gasteiger partial charge in [0.15, 0.2) is 0 Å². The lowest BCUT2D eigenvalue weighted by atomic mass is 10.1. The highest BCUT2D eigenvalue weighted by molar-refractivity contribution is 6.32. The van der Waals surface area contributed by atoms with Crippen molar-refractivity contribution in [1.82, 2.24) is 0 Å². The fraction of sp³-hybridized carbons (Fsp3) is 0.385. The number of benzene rings is 1. The average molecular weight is 241 g/mol. The Morgan fingerprint density at radius 2 is 2.25 bits per heavy atom. The second-order valence-corrected chi connectivity index (χ2v) is 4.33. The maximum absolute atomic E-state index is 9.38. The zero-order valence-electron chi connectivity index (χ0n) is 9.66. The Bertz CT molecular complexity index is 372. The Hall–Kier alpha value is -0.990. The van der Waals surface area contributed by atoms with Crippen molar-refractivity contribution in [2.75, 3.05) is 6.61 Å². The van der Waals surface area contributed by atoms with Crippen LogP contribution >= 0.6 is 11.6 Å². The van der Waals surface area contributed by atoms with Crippen LogP contribution in [0.2, 0.25) is 5.02 Å². The first kappa shape index (κ1) is 13.1. The third-order valence-electron chi connectivity index (χ3n) is 2.22. The lowest BCUT2D eigenvalue weighted by molar-refractivity contribution is 0.199. The summed E-state index contributed by atoms with van der Waals surface area (Å²) in [6.45, 7) is 8.03. The van der Waals surface area contributed by atoms with Gasteiger partial charge in [-0.05, 0) is 31.5 Å². The predicted octanol–water partition coefficient (Wildman–Crippen LogP) is 3.74. The zero-order valence-corrected chi connectivity index (χ0v) is 10.4. The van der Waals surface area contributed by atoms with E-state index < -0.39 is 6.10 Å². The molecule has 1 atom stereocenters. The van der Waals surface area contributed by atoms with Gasteiger partial charge in [0.1, 0.15) is 5.75 Å². The van der Waals surface area contributed by atoms with Crippen LogP contribution in [0.5, 0.6) is 5.75 Å². The van der Waals surface area contributed by atoms with Crippen molar-refractivity contribution >= 4 is 11.6 Å². The van der Waals surface area contributed by atoms with Gasteiger partial charge in [0.05, 0.1) is 17.7 Å². The van der Waals surface area contributed by atoms with Gasteiger partial charge in [-0.1, -0.05) is 23.2 Å². The van der Waals surface area contributed by atoms with Crippen LogP contribution in [0.3, 0.4) is 0 Å². The summed E-state index contributed by atoms with van der Waals surface area (Å²) in [5, 5.41) is 9.90. The fourth-order valence-electron chi connectivity index (χ4n) is 1.23. The zero-order chi connectivity index (χ0) is 12.1. The fourth-order valence-corrected chi connectivity index (χ4v) is 1.47. The van der Waals surface area contributed by atoms with E-state index in [-0.39, 0.29) is 0 Å². The molecular weight excluding hydrogens is 224 g/mol. The number of halogens is 1. The molecule has 0 aromatic heterocycles. The monoisotopic (exact) mass is 240 g/mol. The van der Waals surface area contributed by atoms with Gasteiger partial charge < -0.3 is 9.84 Å². The molecule has 3 heteroatoms. The Balaban J connectivity index is 2.64. The van der Waals surface area contributed by atoms with Crippen molar-refractivity contribution in [3.63, 3.8) is 0 Å². The van der Waals surface area contributed by atoms with Gasteiger partial charge in [0, 0.05) is 6.42 Å². The lowest BCUT2D eigenvalue weighted by Gasteiger charge is -2.10. The average Bonchev–Trinajstić information content (AvgIpc) is 2.19. The molecule has 1 aromatic carbocycles. The number of aliphatic hydroxyl groups is 1. The molecule has 0 aliphatic rings. The molecular formula is C13H17ClO2. The van der Waals surface area contributed by atoms with Gasteiger partial charge in [-0.3, -0.25) is 0 Å². The molecule has 1 unspecified atom stereocenters. The smallest absolute Gasteiger partial charge is 0.137 e. The van der Waals surface area contributed by atoms with Gasteiger partial charge in [-0.2, -0.15) is 0 Å². The molecule has 0 radical (unpaired) electrons. The Labute approximate surface area is 102 Å². The first-order valence-corrected chi connectivity index (χ1v) is 5.63. The molecule has 0 spiro atoms. The maximum Gasteiger partial charge on any atom is 0.137 e. The quantitative estimate of drug-likeness (QED) is 0.795. The van der Waals surface area contributed by atoms with Crippen molar-refractivity contribution in [3.8, 4) is 5.75 Å². The van der Waals surface area contributed by atoms with Crippen molar-refractivity contribution < 1.29 is 9.84 Å². The summed E-state index contributed by atoms with van der Waals surface area (Å²) in [6, 6.07) is 5.32. The van der Waals surface area contributed by atoms with Gasteiger partial charge in [0.25, 0.3) is 0 Å². The van der Waals surface area contributed by atoms with E-state index in [9.17, 15) is 5.11 Å². The van der Waals surface area contributed by atoms with Crippen molar-refractivity contribution in [1.29, 1.82) is 0 Å². The van der Waals surface area contributed by atoms with E-state index in [4.69, 9.17) is 16.3 Å². The minimum absolute atomic E-state index is 0.512. The van der Waals surface area contributed by atoms with E-state index in [1.54, 1.807) is 19.1 Å². The SMILES string of the molecule is C=C(C)CCOc1ccc(C(C)O)cc1Cl. The predicted molar refractivity (Wildman–Crippen MR) is 67.0 cm³/mol. The molecule has 0 heterocycles. The molecule has 16 heavy (non-hydrogen) atoms. The Kier molecular flexibility index (Phi) is 4.84. The summed E-state index contributed by atoms with van der Waals surface area (Å²) < 4.78 is 5.51. The van der Waals surface area contributed by atoms with Gasteiger partial charge in [0.2, 0.25) is 0 Å². The van der Waals surface area contributed by atoms with E-state index in [1.807, 2.05) is 13.0 Å². The molecule has 1 aromatic rings. The highest BCUT2D eigenvalue weighted by Gasteiger charge is 2.06. The lowest BCUT2D eigenvalue weighted by Crippen LogP contribution is -1.99. The number of rotatable bonds is 5. The summed E-state index contributed by atoms with van der Waals surface area (Å²) in [5.74, 6) is 0.646. The van der Waals surface area contributed by atoms with Crippen LogP contribution in [0.1, 0.15) is 31.9 Å². The van der Waals surface area contributed by atoms with E-state index >= 15 is 0 Å². The molecule has 2 nitrogen and oxygen atoms in total. The van der Waals surface area contributed by atoms with E-state index in [0.717, 1.165) is 17.6 Å². The summed E-state index contributed by atoms with van der Waals surface area (Å²) in [7, 11) is 0. The van der Waals surface area contributed by atoms with Gasteiger partial charge >= 0.3 is 0 Å². The van der Waals surface area contributed by atoms with Crippen LogP contribution in [0, 0.1) is 0 Å². The molecule has 0 bridgehead atoms. The molecule has 0 fully saturated rings. The molecule has 0 saturated carbocycles. The second-order valence-electron chi connectivity index (χ2n) is 3.92. The van der Waals surface area contributed by atoms with Crippen LogP contribution in [0.15, 0.2) is 30.4 Å². The topological polar surface area (TPSA) is 29.5 Å². The highest BCUT2D eigenvalue weighted by Crippen LogP contribution is 2.28. The first-order chi connectivity index (χ1) is 7.50. The number of ether oxygens (including phenoxy) is 1. The second kappa shape index (κ2) is 5.92. The van der Waals surface area contributed by atoms with Crippen LogP contribution in [-0.2, 0) is 0 Å². The number of hydrogen-bond donors (Lipinski definition) is 1. The molecule has 0 aliphatic carbocycles. The third kappa shape index (κ3) is 3.87. The highest BCUT2D eigenvalue weighted by atomic mass is 35.5. The van der Waals surface area contributed by atoms with E-state index in [0.29, 0.717) is 17.4 Å². The Morgan fingerprint density at radius 1 is 1.56 bits per heavy atom. The summed E-state index contributed by atoms with van der Waals surface area (Å²) in [6.07, 6.45) is 0.302. The summed E-state index contributed by atoms with van der Waals surface area (Å²) >= 11 is 6.03. The van der Waals surface area contributed by atoms with Crippen molar-refractivity contribution in [3.05, 3.63) is 40.9 Å². The van der Waals surface area contributed by atoms with Gasteiger partial charge in [-0.15, -0.1) is 6.58 Å². The first-order valence-electron chi connectivity index (χ1n) is 5.25. The van der Waals surface area contributed by atoms with Crippen molar-refractivity contribution in [2.45, 2.75) is 26.4 Å². The number of hydrogen-bond acceptors (Lipinski definition) is 2. The van der Waals surface area contributed by atoms with Crippen LogP contribution in [0.25, 0.3) is 0 Å². The maximum atomic E-state index is 9.38. The van der Waals surface area contributed by atoms with Crippen LogP contribution in [-0.4, -0.2) is 11.7 Å². The minimum Gasteiger partial charge on any atom is -0.492 e. The molecule has 0 saturated heterocycles. The van der Waals surface area contributed by atoms with Crippen molar-refractivity contribution in [2.24, 2.45) is 0 Å². The minimum atomic E-state index is -0.512. The number of aliphatic hydroxyl groups excluding tert-OH is 1. The Morgan fingerprint density at radius 3 is 2.75 bits per heavy atom. The van der Waals surface area contributed by atoms with E-state index in [2.05, 4.69) is 6.58 Å². The normalized spacial score (nSPS) is 12.2. The molecule has 1 rings (SSSR count). The standard InChI is InChI=1S/C13H17ClO2/c1-9(2)6-7-16-13-5-4-11(10(3)15)8-12(13)14/h4-5,8,10,15H,1,6-7H2,2-3H3. The van der Waals surface area contributed by atoms with Gasteiger partial charge in [-0.25, -0.2) is 0 Å². The third-order valence-corrected chi connectivity index (χ3v) is 2.52. The van der Waals surface area contributed by atoms with Crippen LogP contribution < -0.4 is 4.74 Å². The van der Waals surface area contributed by atoms with Crippen LogP contribution in [0.4, 0.5) is 0 Å². The van der Waals surface area contributed by atoms with E-state index in [1.165, 1.54) is 0 Å². The summed E-state index contributed by atoms with van der Waals surface area (Å²) in [4.78, 5) is 0. The molecule has 1 N–H and O–H groups in total. The molecule has 88 valence electrons. The summed E-state index contributed by atoms with van der Waals surface area (Å²) in [5.41, 5.74) is 1.87.